The topological polar surface area (TPSA) is 94.5 Å². The standard InChI is InChI=1S/C23H17N5O2/c24-19-6-2-4-8-21(19)30-17-11-9-16(10-12-17)27-23(29)18-14-26-28-20-7-3-1-5-15(20)13-25-22(18)28/h1-14H,24H2,(H,27,29). The summed E-state index contributed by atoms with van der Waals surface area (Å²) < 4.78 is 7.45. The van der Waals surface area contributed by atoms with Gasteiger partial charge in [-0.25, -0.2) is 9.50 Å². The van der Waals surface area contributed by atoms with Crippen LogP contribution >= 0.6 is 0 Å². The number of aromatic nitrogens is 3. The number of hydrogen-bond donors (Lipinski definition) is 2. The maximum Gasteiger partial charge on any atom is 0.261 e. The largest absolute Gasteiger partial charge is 0.455 e. The van der Waals surface area contributed by atoms with E-state index in [1.807, 2.05) is 36.4 Å². The summed E-state index contributed by atoms with van der Waals surface area (Å²) in [7, 11) is 0. The van der Waals surface area contributed by atoms with Crippen molar-refractivity contribution in [3.05, 3.63) is 90.8 Å². The number of nitrogens with zero attached hydrogens (tertiary/aromatic N) is 3. The van der Waals surface area contributed by atoms with Gasteiger partial charge in [0.05, 0.1) is 17.4 Å². The molecule has 0 aliphatic carbocycles. The third-order valence-electron chi connectivity index (χ3n) is 4.74. The van der Waals surface area contributed by atoms with Gasteiger partial charge in [-0.3, -0.25) is 4.79 Å². The molecular formula is C23H17N5O2. The summed E-state index contributed by atoms with van der Waals surface area (Å²) in [5, 5.41) is 8.17. The molecule has 0 saturated carbocycles. The van der Waals surface area contributed by atoms with Gasteiger partial charge in [-0.05, 0) is 42.5 Å². The van der Waals surface area contributed by atoms with E-state index < -0.39 is 0 Å². The molecule has 0 aliphatic rings. The molecule has 0 spiro atoms. The molecule has 1 amide bonds. The van der Waals surface area contributed by atoms with E-state index in [0.29, 0.717) is 34.1 Å². The molecule has 0 atom stereocenters. The van der Waals surface area contributed by atoms with E-state index in [0.717, 1.165) is 10.9 Å². The minimum atomic E-state index is -0.284. The summed E-state index contributed by atoms with van der Waals surface area (Å²) in [6, 6.07) is 22.1. The number of ether oxygens (including phenoxy) is 1. The second-order valence-corrected chi connectivity index (χ2v) is 6.73. The van der Waals surface area contributed by atoms with Gasteiger partial charge in [0, 0.05) is 17.3 Å². The van der Waals surface area contributed by atoms with Crippen LogP contribution in [0.3, 0.4) is 0 Å². The lowest BCUT2D eigenvalue weighted by Gasteiger charge is -2.09. The van der Waals surface area contributed by atoms with Crippen molar-refractivity contribution in [2.24, 2.45) is 0 Å². The molecule has 146 valence electrons. The third kappa shape index (κ3) is 3.18. The van der Waals surface area contributed by atoms with Gasteiger partial charge in [-0.2, -0.15) is 5.10 Å². The number of rotatable bonds is 4. The van der Waals surface area contributed by atoms with Crippen LogP contribution in [0.2, 0.25) is 0 Å². The lowest BCUT2D eigenvalue weighted by molar-refractivity contribution is 0.102. The van der Waals surface area contributed by atoms with Crippen LogP contribution in [-0.4, -0.2) is 20.5 Å². The molecule has 0 saturated heterocycles. The molecule has 3 N–H and O–H groups in total. The predicted octanol–water partition coefficient (Wildman–Crippen LogP) is 4.51. The summed E-state index contributed by atoms with van der Waals surface area (Å²) in [5.74, 6) is 0.919. The number of benzene rings is 3. The SMILES string of the molecule is Nc1ccccc1Oc1ccc(NC(=O)c2cnn3c2ncc2ccccc23)cc1. The number of para-hydroxylation sites is 3. The minimum absolute atomic E-state index is 0.284. The van der Waals surface area contributed by atoms with Gasteiger partial charge in [-0.1, -0.05) is 30.3 Å². The molecule has 0 unspecified atom stereocenters. The van der Waals surface area contributed by atoms with Crippen LogP contribution in [0.15, 0.2) is 85.2 Å². The fourth-order valence-electron chi connectivity index (χ4n) is 3.23. The first-order chi connectivity index (χ1) is 14.7. The fourth-order valence-corrected chi connectivity index (χ4v) is 3.23. The van der Waals surface area contributed by atoms with Crippen LogP contribution in [0.4, 0.5) is 11.4 Å². The molecule has 5 rings (SSSR count). The van der Waals surface area contributed by atoms with Crippen LogP contribution in [0.25, 0.3) is 16.6 Å². The normalized spacial score (nSPS) is 10.9. The highest BCUT2D eigenvalue weighted by Gasteiger charge is 2.15. The van der Waals surface area contributed by atoms with Gasteiger partial charge < -0.3 is 15.8 Å². The summed E-state index contributed by atoms with van der Waals surface area (Å²) in [6.45, 7) is 0. The van der Waals surface area contributed by atoms with E-state index in [9.17, 15) is 4.79 Å². The van der Waals surface area contributed by atoms with E-state index in [1.165, 1.54) is 6.20 Å². The van der Waals surface area contributed by atoms with Crippen LogP contribution in [0, 0.1) is 0 Å². The molecule has 0 radical (unpaired) electrons. The number of carbonyl (C=O) groups excluding carboxylic acids is 1. The quantitative estimate of drug-likeness (QED) is 0.437. The highest BCUT2D eigenvalue weighted by atomic mass is 16.5. The number of nitrogens with two attached hydrogens (primary N) is 1. The summed E-state index contributed by atoms with van der Waals surface area (Å²) in [5.41, 5.74) is 8.89. The Bertz CT molecular complexity index is 1380. The summed E-state index contributed by atoms with van der Waals surface area (Å²) in [4.78, 5) is 17.2. The Morgan fingerprint density at radius 3 is 2.53 bits per heavy atom. The van der Waals surface area contributed by atoms with Crippen molar-refractivity contribution in [2.45, 2.75) is 0 Å². The number of nitrogen functional groups attached to an aromatic ring is 1. The molecule has 0 aliphatic heterocycles. The van der Waals surface area contributed by atoms with Gasteiger partial charge in [-0.15, -0.1) is 0 Å². The van der Waals surface area contributed by atoms with Crippen LogP contribution in [0.5, 0.6) is 11.5 Å². The molecule has 2 heterocycles. The van der Waals surface area contributed by atoms with E-state index in [4.69, 9.17) is 10.5 Å². The van der Waals surface area contributed by atoms with Crippen molar-refractivity contribution in [2.75, 3.05) is 11.1 Å². The lowest BCUT2D eigenvalue weighted by Crippen LogP contribution is -2.12. The molecule has 0 bridgehead atoms. The first kappa shape index (κ1) is 17.7. The average molecular weight is 395 g/mol. The lowest BCUT2D eigenvalue weighted by atomic mass is 10.2. The molecule has 0 fully saturated rings. The van der Waals surface area contributed by atoms with E-state index in [2.05, 4.69) is 15.4 Å². The van der Waals surface area contributed by atoms with Crippen LogP contribution < -0.4 is 15.8 Å². The van der Waals surface area contributed by atoms with Crippen molar-refractivity contribution < 1.29 is 9.53 Å². The fraction of sp³-hybridized carbons (Fsp3) is 0. The van der Waals surface area contributed by atoms with Crippen molar-refractivity contribution in [1.29, 1.82) is 0 Å². The number of amides is 1. The monoisotopic (exact) mass is 395 g/mol. The molecule has 30 heavy (non-hydrogen) atoms. The van der Waals surface area contributed by atoms with Gasteiger partial charge in [0.25, 0.3) is 5.91 Å². The Morgan fingerprint density at radius 1 is 0.933 bits per heavy atom. The highest BCUT2D eigenvalue weighted by molar-refractivity contribution is 6.08. The van der Waals surface area contributed by atoms with Gasteiger partial charge in [0.1, 0.15) is 17.1 Å². The number of anilines is 2. The van der Waals surface area contributed by atoms with E-state index in [1.54, 1.807) is 47.1 Å². The molecule has 5 aromatic rings. The van der Waals surface area contributed by atoms with E-state index in [-0.39, 0.29) is 5.91 Å². The number of nitrogens with one attached hydrogen (secondary N) is 1. The van der Waals surface area contributed by atoms with Gasteiger partial charge in [0.2, 0.25) is 0 Å². The number of fused-ring (bicyclic) bond motifs is 3. The Morgan fingerprint density at radius 2 is 1.70 bits per heavy atom. The minimum Gasteiger partial charge on any atom is -0.455 e. The second-order valence-electron chi connectivity index (χ2n) is 6.73. The highest BCUT2D eigenvalue weighted by Crippen LogP contribution is 2.28. The van der Waals surface area contributed by atoms with Gasteiger partial charge in [0.15, 0.2) is 5.65 Å². The first-order valence-electron chi connectivity index (χ1n) is 9.34. The Hall–Kier alpha value is -4.39. The van der Waals surface area contributed by atoms with Crippen LogP contribution in [0.1, 0.15) is 10.4 Å². The Labute approximate surface area is 171 Å². The van der Waals surface area contributed by atoms with Crippen LogP contribution in [-0.2, 0) is 0 Å². The maximum atomic E-state index is 12.8. The molecular weight excluding hydrogens is 378 g/mol. The van der Waals surface area contributed by atoms with Crippen molar-refractivity contribution in [3.63, 3.8) is 0 Å². The zero-order chi connectivity index (χ0) is 20.5. The molecule has 3 aromatic carbocycles. The van der Waals surface area contributed by atoms with Gasteiger partial charge >= 0.3 is 0 Å². The second kappa shape index (κ2) is 7.21. The summed E-state index contributed by atoms with van der Waals surface area (Å²) >= 11 is 0. The summed E-state index contributed by atoms with van der Waals surface area (Å²) in [6.07, 6.45) is 3.27. The Balaban J connectivity index is 1.36. The van der Waals surface area contributed by atoms with Crippen molar-refractivity contribution in [1.82, 2.24) is 14.6 Å². The zero-order valence-corrected chi connectivity index (χ0v) is 15.8. The smallest absolute Gasteiger partial charge is 0.261 e. The number of carbonyl (C=O) groups is 1. The molecule has 7 nitrogen and oxygen atoms in total. The van der Waals surface area contributed by atoms with Crippen molar-refractivity contribution in [3.8, 4) is 11.5 Å². The van der Waals surface area contributed by atoms with Crippen molar-refractivity contribution >= 4 is 33.8 Å². The predicted molar refractivity (Wildman–Crippen MR) is 116 cm³/mol. The average Bonchev–Trinajstić information content (AvgIpc) is 3.21. The maximum absolute atomic E-state index is 12.8. The first-order valence-corrected chi connectivity index (χ1v) is 9.34. The number of hydrogen-bond acceptors (Lipinski definition) is 5. The third-order valence-corrected chi connectivity index (χ3v) is 4.74. The Kier molecular flexibility index (Phi) is 4.25. The van der Waals surface area contributed by atoms with E-state index >= 15 is 0 Å². The molecule has 2 aromatic heterocycles. The molecule has 7 heteroatoms. The zero-order valence-electron chi connectivity index (χ0n) is 15.8.